The SMILES string of the molecule is COc1ccc(C2OCC(C)(C)CO2)cc1Br.COc1ccc(C=O)cc1SC. The standard InChI is InChI=1S/C13H17BrO3.C9H10O2S/c1-13(2)7-16-12(17-8-13)9-4-5-11(15-3)10(14)6-9;1-11-8-4-3-7(6-10)5-9(8)12-2/h4-6,12H,7-8H2,1-3H3;3-6H,1-2H3. The molecule has 0 aliphatic carbocycles. The molecule has 1 fully saturated rings. The second-order valence-electron chi connectivity index (χ2n) is 7.24. The fourth-order valence-corrected chi connectivity index (χ4v) is 3.81. The summed E-state index contributed by atoms with van der Waals surface area (Å²) in [5, 5.41) is 0. The zero-order valence-electron chi connectivity index (χ0n) is 17.4. The van der Waals surface area contributed by atoms with Crippen LogP contribution in [-0.4, -0.2) is 40.0 Å². The van der Waals surface area contributed by atoms with Crippen molar-refractivity contribution in [3.63, 3.8) is 0 Å². The molecule has 3 rings (SSSR count). The first-order valence-corrected chi connectivity index (χ1v) is 11.1. The Balaban J connectivity index is 0.000000221. The van der Waals surface area contributed by atoms with Crippen LogP contribution in [0, 0.1) is 5.41 Å². The third kappa shape index (κ3) is 6.74. The van der Waals surface area contributed by atoms with E-state index in [-0.39, 0.29) is 11.7 Å². The fourth-order valence-electron chi connectivity index (χ4n) is 2.64. The number of methoxy groups -OCH3 is 2. The number of aldehydes is 1. The summed E-state index contributed by atoms with van der Waals surface area (Å²) in [6, 6.07) is 11.2. The summed E-state index contributed by atoms with van der Waals surface area (Å²) in [6.07, 6.45) is 2.51. The lowest BCUT2D eigenvalue weighted by atomic mass is 9.95. The van der Waals surface area contributed by atoms with Crippen LogP contribution in [0.2, 0.25) is 0 Å². The molecule has 0 spiro atoms. The topological polar surface area (TPSA) is 54.0 Å². The number of hydrogen-bond donors (Lipinski definition) is 0. The largest absolute Gasteiger partial charge is 0.496 e. The van der Waals surface area contributed by atoms with E-state index in [9.17, 15) is 4.79 Å². The lowest BCUT2D eigenvalue weighted by Crippen LogP contribution is -2.33. The van der Waals surface area contributed by atoms with Crippen molar-refractivity contribution in [1.82, 2.24) is 0 Å². The van der Waals surface area contributed by atoms with Gasteiger partial charge in [0.25, 0.3) is 0 Å². The van der Waals surface area contributed by atoms with E-state index in [0.29, 0.717) is 18.8 Å². The van der Waals surface area contributed by atoms with Crippen molar-refractivity contribution >= 4 is 34.0 Å². The van der Waals surface area contributed by atoms with Crippen LogP contribution in [0.4, 0.5) is 0 Å². The Bertz CT molecular complexity index is 815. The van der Waals surface area contributed by atoms with Crippen molar-refractivity contribution in [2.24, 2.45) is 5.41 Å². The number of hydrogen-bond acceptors (Lipinski definition) is 6. The first-order valence-electron chi connectivity index (χ1n) is 9.07. The fraction of sp³-hybridized carbons (Fsp3) is 0.409. The summed E-state index contributed by atoms with van der Waals surface area (Å²) in [5.41, 5.74) is 1.79. The molecule has 158 valence electrons. The predicted octanol–water partition coefficient (Wildman–Crippen LogP) is 5.76. The molecule has 0 aromatic heterocycles. The molecule has 0 radical (unpaired) electrons. The summed E-state index contributed by atoms with van der Waals surface area (Å²) in [6.45, 7) is 5.68. The van der Waals surface area contributed by atoms with Gasteiger partial charge >= 0.3 is 0 Å². The van der Waals surface area contributed by atoms with Crippen LogP contribution in [0.5, 0.6) is 11.5 Å². The molecule has 29 heavy (non-hydrogen) atoms. The highest BCUT2D eigenvalue weighted by molar-refractivity contribution is 9.10. The molecule has 2 aromatic carbocycles. The monoisotopic (exact) mass is 482 g/mol. The van der Waals surface area contributed by atoms with E-state index in [0.717, 1.165) is 32.7 Å². The molecule has 0 saturated carbocycles. The van der Waals surface area contributed by atoms with Crippen molar-refractivity contribution in [3.8, 4) is 11.5 Å². The summed E-state index contributed by atoms with van der Waals surface area (Å²) < 4.78 is 22.7. The van der Waals surface area contributed by atoms with Gasteiger partial charge < -0.3 is 18.9 Å². The second kappa shape index (κ2) is 11.0. The van der Waals surface area contributed by atoms with E-state index in [1.165, 1.54) is 0 Å². The maximum Gasteiger partial charge on any atom is 0.183 e. The van der Waals surface area contributed by atoms with Crippen molar-refractivity contribution < 1.29 is 23.7 Å². The molecule has 0 unspecified atom stereocenters. The van der Waals surface area contributed by atoms with Gasteiger partial charge in [-0.25, -0.2) is 0 Å². The van der Waals surface area contributed by atoms with E-state index in [4.69, 9.17) is 18.9 Å². The molecular weight excluding hydrogens is 456 g/mol. The van der Waals surface area contributed by atoms with Gasteiger partial charge in [0.2, 0.25) is 0 Å². The van der Waals surface area contributed by atoms with Crippen LogP contribution >= 0.6 is 27.7 Å². The number of halogens is 1. The maximum atomic E-state index is 10.4. The van der Waals surface area contributed by atoms with Crippen molar-refractivity contribution in [1.29, 1.82) is 0 Å². The predicted molar refractivity (Wildman–Crippen MR) is 119 cm³/mol. The molecular formula is C22H27BrO5S. The Morgan fingerprint density at radius 1 is 1.07 bits per heavy atom. The number of thioether (sulfide) groups is 1. The Labute approximate surface area is 185 Å². The molecule has 0 bridgehead atoms. The van der Waals surface area contributed by atoms with Gasteiger partial charge in [-0.1, -0.05) is 19.9 Å². The van der Waals surface area contributed by atoms with Gasteiger partial charge in [-0.2, -0.15) is 0 Å². The Hall–Kier alpha value is -1.54. The molecule has 1 aliphatic heterocycles. The highest BCUT2D eigenvalue weighted by Gasteiger charge is 2.29. The first-order chi connectivity index (χ1) is 13.8. The van der Waals surface area contributed by atoms with Crippen LogP contribution in [-0.2, 0) is 9.47 Å². The molecule has 1 heterocycles. The lowest BCUT2D eigenvalue weighted by Gasteiger charge is -2.34. The second-order valence-corrected chi connectivity index (χ2v) is 8.95. The van der Waals surface area contributed by atoms with Gasteiger partial charge in [-0.05, 0) is 52.5 Å². The molecule has 0 amide bonds. The number of carbonyl (C=O) groups is 1. The van der Waals surface area contributed by atoms with Crippen LogP contribution in [0.25, 0.3) is 0 Å². The van der Waals surface area contributed by atoms with Gasteiger partial charge in [-0.3, -0.25) is 4.79 Å². The Morgan fingerprint density at radius 2 is 1.69 bits per heavy atom. The normalized spacial score (nSPS) is 15.8. The van der Waals surface area contributed by atoms with Crippen LogP contribution in [0.3, 0.4) is 0 Å². The van der Waals surface area contributed by atoms with Gasteiger partial charge in [0.1, 0.15) is 17.8 Å². The minimum atomic E-state index is -0.273. The molecule has 1 saturated heterocycles. The first kappa shape index (κ1) is 23.7. The van der Waals surface area contributed by atoms with E-state index in [1.807, 2.05) is 30.5 Å². The summed E-state index contributed by atoms with van der Waals surface area (Å²) >= 11 is 5.03. The van der Waals surface area contributed by atoms with Gasteiger partial charge in [-0.15, -0.1) is 11.8 Å². The Morgan fingerprint density at radius 3 is 2.21 bits per heavy atom. The lowest BCUT2D eigenvalue weighted by molar-refractivity contribution is -0.226. The van der Waals surface area contributed by atoms with E-state index in [2.05, 4.69) is 29.8 Å². The average Bonchev–Trinajstić information content (AvgIpc) is 2.73. The highest BCUT2D eigenvalue weighted by Crippen LogP contribution is 2.34. The Kier molecular flexibility index (Phi) is 9.02. The van der Waals surface area contributed by atoms with Crippen molar-refractivity contribution in [2.45, 2.75) is 25.0 Å². The quantitative estimate of drug-likeness (QED) is 0.398. The van der Waals surface area contributed by atoms with E-state index < -0.39 is 0 Å². The van der Waals surface area contributed by atoms with Gasteiger partial charge in [0.05, 0.1) is 31.9 Å². The summed E-state index contributed by atoms with van der Waals surface area (Å²) in [7, 11) is 3.27. The third-order valence-corrected chi connectivity index (χ3v) is 5.62. The van der Waals surface area contributed by atoms with E-state index in [1.54, 1.807) is 38.1 Å². The highest BCUT2D eigenvalue weighted by atomic mass is 79.9. The minimum Gasteiger partial charge on any atom is -0.496 e. The minimum absolute atomic E-state index is 0.0974. The zero-order chi connectivity index (χ0) is 21.4. The summed E-state index contributed by atoms with van der Waals surface area (Å²) in [4.78, 5) is 11.4. The maximum absolute atomic E-state index is 10.4. The number of ether oxygens (including phenoxy) is 4. The third-order valence-electron chi connectivity index (χ3n) is 4.24. The molecule has 0 N–H and O–H groups in total. The van der Waals surface area contributed by atoms with Crippen LogP contribution < -0.4 is 9.47 Å². The molecule has 7 heteroatoms. The van der Waals surface area contributed by atoms with Crippen LogP contribution in [0.15, 0.2) is 45.8 Å². The molecule has 2 aromatic rings. The zero-order valence-corrected chi connectivity index (χ0v) is 19.8. The molecule has 1 aliphatic rings. The van der Waals surface area contributed by atoms with Crippen LogP contribution in [0.1, 0.15) is 36.1 Å². The molecule has 0 atom stereocenters. The van der Waals surface area contributed by atoms with Gasteiger partial charge in [0, 0.05) is 21.4 Å². The summed E-state index contributed by atoms with van der Waals surface area (Å²) in [5.74, 6) is 1.62. The van der Waals surface area contributed by atoms with Crippen molar-refractivity contribution in [3.05, 3.63) is 52.0 Å². The van der Waals surface area contributed by atoms with Crippen molar-refractivity contribution in [2.75, 3.05) is 33.7 Å². The van der Waals surface area contributed by atoms with E-state index >= 15 is 0 Å². The van der Waals surface area contributed by atoms with Gasteiger partial charge in [0.15, 0.2) is 6.29 Å². The smallest absolute Gasteiger partial charge is 0.183 e. The molecule has 5 nitrogen and oxygen atoms in total. The number of benzene rings is 2. The average molecular weight is 483 g/mol. The number of rotatable bonds is 5. The number of carbonyl (C=O) groups excluding carboxylic acids is 1.